The maximum absolute atomic E-state index is 4.53. The number of nitrogens with zero attached hydrogens (tertiary/aromatic N) is 4. The highest BCUT2D eigenvalue weighted by Crippen LogP contribution is 2.42. The van der Waals surface area contributed by atoms with Crippen molar-refractivity contribution in [3.63, 3.8) is 0 Å². The first-order chi connectivity index (χ1) is 14.3. The zero-order valence-electron chi connectivity index (χ0n) is 15.1. The highest BCUT2D eigenvalue weighted by atomic mass is 32.1. The molecule has 2 aromatic carbocycles. The van der Waals surface area contributed by atoms with Crippen LogP contribution in [0.1, 0.15) is 5.56 Å². The van der Waals surface area contributed by atoms with Gasteiger partial charge in [0.05, 0.1) is 23.5 Å². The van der Waals surface area contributed by atoms with E-state index in [0.29, 0.717) is 0 Å². The molecule has 0 amide bonds. The molecule has 0 N–H and O–H groups in total. The molecule has 0 bridgehead atoms. The van der Waals surface area contributed by atoms with Crippen LogP contribution in [0.5, 0.6) is 0 Å². The van der Waals surface area contributed by atoms with Gasteiger partial charge in [0.15, 0.2) is 0 Å². The van der Waals surface area contributed by atoms with Crippen LogP contribution in [0.25, 0.3) is 52.7 Å². The van der Waals surface area contributed by atoms with E-state index in [4.69, 9.17) is 0 Å². The smallest absolute Gasteiger partial charge is 0.113 e. The normalized spacial score (nSPS) is 11.6. The van der Waals surface area contributed by atoms with Gasteiger partial charge in [0, 0.05) is 30.6 Å². The van der Waals surface area contributed by atoms with Crippen molar-refractivity contribution in [2.75, 3.05) is 0 Å². The van der Waals surface area contributed by atoms with Gasteiger partial charge in [0.2, 0.25) is 0 Å². The standard InChI is InChI=1S/C21H12N4S4/c1-11-5-6-13(21-19(11)23-29-25-21)16-8-10-18(27-16)17-9-7-15(26-17)12-3-2-4-14-20(12)24-28-22-14/h2-10H,1H3. The van der Waals surface area contributed by atoms with Gasteiger partial charge in [0.25, 0.3) is 0 Å². The van der Waals surface area contributed by atoms with E-state index in [1.807, 2.05) is 12.1 Å². The lowest BCUT2D eigenvalue weighted by Gasteiger charge is -2.00. The minimum atomic E-state index is 0.959. The van der Waals surface area contributed by atoms with Crippen LogP contribution >= 0.6 is 46.1 Å². The quantitative estimate of drug-likeness (QED) is 0.289. The van der Waals surface area contributed by atoms with Gasteiger partial charge in [-0.2, -0.15) is 17.5 Å². The predicted molar refractivity (Wildman–Crippen MR) is 125 cm³/mol. The topological polar surface area (TPSA) is 51.6 Å². The van der Waals surface area contributed by atoms with E-state index in [1.165, 1.54) is 48.5 Å². The first kappa shape index (κ1) is 17.3. The largest absolute Gasteiger partial charge is 0.173 e. The Hall–Kier alpha value is -2.52. The molecule has 0 aliphatic rings. The maximum atomic E-state index is 4.53. The minimum absolute atomic E-state index is 0.959. The Morgan fingerprint density at radius 1 is 0.552 bits per heavy atom. The number of aryl methyl sites for hydroxylation is 1. The van der Waals surface area contributed by atoms with Gasteiger partial charge < -0.3 is 0 Å². The van der Waals surface area contributed by atoms with Crippen LogP contribution in [-0.4, -0.2) is 17.5 Å². The van der Waals surface area contributed by atoms with Gasteiger partial charge in [0.1, 0.15) is 22.1 Å². The molecule has 4 nitrogen and oxygen atoms in total. The van der Waals surface area contributed by atoms with Crippen molar-refractivity contribution in [2.24, 2.45) is 0 Å². The number of benzene rings is 2. The molecule has 6 aromatic rings. The Bertz CT molecular complexity index is 1490. The lowest BCUT2D eigenvalue weighted by molar-refractivity contribution is 1.48. The van der Waals surface area contributed by atoms with Crippen LogP contribution in [-0.2, 0) is 0 Å². The van der Waals surface area contributed by atoms with Gasteiger partial charge in [-0.1, -0.05) is 24.3 Å². The van der Waals surface area contributed by atoms with Crippen molar-refractivity contribution in [1.82, 2.24) is 17.5 Å². The lowest BCUT2D eigenvalue weighted by atomic mass is 10.1. The fraction of sp³-hybridized carbons (Fsp3) is 0.0476. The first-order valence-electron chi connectivity index (χ1n) is 8.92. The first-order valence-corrected chi connectivity index (χ1v) is 12.0. The molecule has 6 rings (SSSR count). The second-order valence-electron chi connectivity index (χ2n) is 6.66. The summed E-state index contributed by atoms with van der Waals surface area (Å²) in [5, 5.41) is 0. The number of rotatable bonds is 3. The fourth-order valence-corrected chi connectivity index (χ4v) is 6.75. The van der Waals surface area contributed by atoms with E-state index in [1.54, 1.807) is 22.7 Å². The average Bonchev–Trinajstić information content (AvgIpc) is 3.54. The van der Waals surface area contributed by atoms with Gasteiger partial charge in [-0.15, -0.1) is 22.7 Å². The lowest BCUT2D eigenvalue weighted by Crippen LogP contribution is -1.80. The van der Waals surface area contributed by atoms with E-state index in [2.05, 4.69) is 66.9 Å². The van der Waals surface area contributed by atoms with Crippen LogP contribution in [0.3, 0.4) is 0 Å². The molecule has 0 unspecified atom stereocenters. The van der Waals surface area contributed by atoms with Gasteiger partial charge >= 0.3 is 0 Å². The summed E-state index contributed by atoms with van der Waals surface area (Å²) in [5.74, 6) is 0. The monoisotopic (exact) mass is 448 g/mol. The molecule has 0 saturated heterocycles. The molecular formula is C21H12N4S4. The molecule has 29 heavy (non-hydrogen) atoms. The third-order valence-electron chi connectivity index (χ3n) is 4.89. The molecule has 0 fully saturated rings. The molecule has 4 aromatic heterocycles. The van der Waals surface area contributed by atoms with Crippen LogP contribution in [0, 0.1) is 6.92 Å². The Kier molecular flexibility index (Phi) is 4.05. The van der Waals surface area contributed by atoms with Gasteiger partial charge in [-0.3, -0.25) is 0 Å². The number of hydrogen-bond donors (Lipinski definition) is 0. The van der Waals surface area contributed by atoms with E-state index in [0.717, 1.165) is 33.2 Å². The Balaban J connectivity index is 1.41. The maximum Gasteiger partial charge on any atom is 0.113 e. The predicted octanol–water partition coefficient (Wildman–Crippen LogP) is 7.13. The Morgan fingerprint density at radius 3 is 1.97 bits per heavy atom. The average molecular weight is 449 g/mol. The molecule has 0 saturated carbocycles. The summed E-state index contributed by atoms with van der Waals surface area (Å²) < 4.78 is 17.8. The number of thiophene rings is 2. The van der Waals surface area contributed by atoms with Crippen LogP contribution in [0.2, 0.25) is 0 Å². The zero-order chi connectivity index (χ0) is 19.4. The van der Waals surface area contributed by atoms with E-state index in [9.17, 15) is 0 Å². The van der Waals surface area contributed by atoms with Crippen LogP contribution in [0.15, 0.2) is 54.6 Å². The Morgan fingerprint density at radius 2 is 1.17 bits per heavy atom. The summed E-state index contributed by atoms with van der Waals surface area (Å²) in [4.78, 5) is 4.96. The molecule has 0 spiro atoms. The van der Waals surface area contributed by atoms with Crippen molar-refractivity contribution >= 4 is 68.2 Å². The summed E-state index contributed by atoms with van der Waals surface area (Å²) in [5.41, 5.74) is 7.42. The fourth-order valence-electron chi connectivity index (χ4n) is 3.42. The van der Waals surface area contributed by atoms with Crippen LogP contribution < -0.4 is 0 Å². The van der Waals surface area contributed by atoms with E-state index >= 15 is 0 Å². The SMILES string of the molecule is Cc1ccc(-c2ccc(-c3ccc(-c4cccc5nsnc45)s3)s2)c2nsnc12. The minimum Gasteiger partial charge on any atom is -0.173 e. The molecule has 140 valence electrons. The molecule has 8 heteroatoms. The summed E-state index contributed by atoms with van der Waals surface area (Å²) >= 11 is 6.14. The third-order valence-corrected chi connectivity index (χ3v) is 8.39. The van der Waals surface area contributed by atoms with Crippen molar-refractivity contribution < 1.29 is 0 Å². The number of hydrogen-bond acceptors (Lipinski definition) is 8. The second-order valence-corrected chi connectivity index (χ2v) is 9.88. The molecule has 0 radical (unpaired) electrons. The van der Waals surface area contributed by atoms with Gasteiger partial charge in [-0.25, -0.2) is 0 Å². The third kappa shape index (κ3) is 2.83. The molecule has 0 atom stereocenters. The summed E-state index contributed by atoms with van der Waals surface area (Å²) in [7, 11) is 0. The second kappa shape index (κ2) is 6.77. The molecule has 0 aliphatic carbocycles. The number of fused-ring (bicyclic) bond motifs is 2. The van der Waals surface area contributed by atoms with Crippen molar-refractivity contribution in [2.45, 2.75) is 6.92 Å². The van der Waals surface area contributed by atoms with Crippen LogP contribution in [0.4, 0.5) is 0 Å². The van der Waals surface area contributed by atoms with Crippen molar-refractivity contribution in [3.8, 4) is 30.6 Å². The highest BCUT2D eigenvalue weighted by Gasteiger charge is 2.15. The summed E-state index contributed by atoms with van der Waals surface area (Å²) in [6.07, 6.45) is 0. The molecular weight excluding hydrogens is 437 g/mol. The van der Waals surface area contributed by atoms with Crippen molar-refractivity contribution in [1.29, 1.82) is 0 Å². The number of aromatic nitrogens is 4. The van der Waals surface area contributed by atoms with E-state index in [-0.39, 0.29) is 0 Å². The summed E-state index contributed by atoms with van der Waals surface area (Å²) in [6.45, 7) is 2.08. The van der Waals surface area contributed by atoms with Crippen molar-refractivity contribution in [3.05, 3.63) is 60.2 Å². The zero-order valence-corrected chi connectivity index (χ0v) is 18.4. The van der Waals surface area contributed by atoms with E-state index < -0.39 is 0 Å². The van der Waals surface area contributed by atoms with Gasteiger partial charge in [-0.05, 0) is 42.8 Å². The molecule has 4 heterocycles. The Labute approximate surface area is 182 Å². The summed E-state index contributed by atoms with van der Waals surface area (Å²) in [6, 6.07) is 19.2. The highest BCUT2D eigenvalue weighted by molar-refractivity contribution is 7.25. The molecule has 0 aliphatic heterocycles.